The van der Waals surface area contributed by atoms with Crippen LogP contribution in [0, 0.1) is 13.5 Å². The largest absolute Gasteiger partial charge is 0.446 e. The third-order valence-electron chi connectivity index (χ3n) is 4.68. The van der Waals surface area contributed by atoms with Crippen molar-refractivity contribution in [2.75, 3.05) is 0 Å². The predicted octanol–water partition coefficient (Wildman–Crippen LogP) is 4.14. The minimum absolute atomic E-state index is 0.0805. The highest BCUT2D eigenvalue weighted by Crippen LogP contribution is 2.34. The van der Waals surface area contributed by atoms with E-state index in [0.717, 1.165) is 11.1 Å². The lowest BCUT2D eigenvalue weighted by molar-refractivity contribution is 0.148. The van der Waals surface area contributed by atoms with Gasteiger partial charge in [-0.3, -0.25) is 4.55 Å². The number of benzene rings is 2. The van der Waals surface area contributed by atoms with Gasteiger partial charge >= 0.3 is 10.4 Å². The Bertz CT molecular complexity index is 1230. The molecule has 3 rings (SSSR count). The number of hydrogen-bond acceptors (Lipinski definition) is 7. The van der Waals surface area contributed by atoms with E-state index in [0.29, 0.717) is 22.7 Å². The summed E-state index contributed by atoms with van der Waals surface area (Å²) in [6.45, 7) is 10.6. The first-order valence-corrected chi connectivity index (χ1v) is 10.8. The summed E-state index contributed by atoms with van der Waals surface area (Å²) >= 11 is 6.25. The van der Waals surface area contributed by atoms with Gasteiger partial charge in [-0.05, 0) is 55.7 Å². The standard InChI is InChI=1S/C20H18ClN3O6S/c1-11-14(6-9-17(22-3)18(11)21)10-16(12(2)25)20-24-23-19(29-20)13-4-7-15(8-5-13)30-31(26,27)28/h4-9,12,16,25H,10H2,1-2H3,(H,26,27,28)/t12-,16+/m0/s1. The van der Waals surface area contributed by atoms with Gasteiger partial charge in [0.05, 0.1) is 23.6 Å². The molecule has 11 heteroatoms. The van der Waals surface area contributed by atoms with E-state index in [9.17, 15) is 13.5 Å². The van der Waals surface area contributed by atoms with Crippen LogP contribution in [0.3, 0.4) is 0 Å². The van der Waals surface area contributed by atoms with E-state index in [1.54, 1.807) is 26.0 Å². The normalized spacial score (nSPS) is 13.4. The minimum atomic E-state index is -4.62. The van der Waals surface area contributed by atoms with E-state index in [-0.39, 0.29) is 17.5 Å². The molecule has 0 bridgehead atoms. The summed E-state index contributed by atoms with van der Waals surface area (Å²) < 4.78 is 40.4. The number of aromatic nitrogens is 2. The highest BCUT2D eigenvalue weighted by molar-refractivity contribution is 7.81. The van der Waals surface area contributed by atoms with Gasteiger partial charge in [0.1, 0.15) is 5.75 Å². The molecule has 0 radical (unpaired) electrons. The molecule has 0 aliphatic carbocycles. The Balaban J connectivity index is 1.85. The lowest BCUT2D eigenvalue weighted by Crippen LogP contribution is -2.18. The first-order valence-electron chi connectivity index (χ1n) is 9.03. The highest BCUT2D eigenvalue weighted by Gasteiger charge is 2.26. The maximum absolute atomic E-state index is 10.8. The van der Waals surface area contributed by atoms with Crippen LogP contribution in [-0.2, 0) is 16.8 Å². The van der Waals surface area contributed by atoms with Crippen molar-refractivity contribution in [1.29, 1.82) is 0 Å². The van der Waals surface area contributed by atoms with Gasteiger partial charge in [-0.2, -0.15) is 8.42 Å². The van der Waals surface area contributed by atoms with Gasteiger partial charge in [0.25, 0.3) is 0 Å². The molecule has 0 amide bonds. The average Bonchev–Trinajstić information content (AvgIpc) is 3.18. The lowest BCUT2D eigenvalue weighted by atomic mass is 9.92. The molecule has 0 unspecified atom stereocenters. The lowest BCUT2D eigenvalue weighted by Gasteiger charge is -2.18. The van der Waals surface area contributed by atoms with Crippen molar-refractivity contribution in [1.82, 2.24) is 10.2 Å². The van der Waals surface area contributed by atoms with Crippen molar-refractivity contribution in [3.05, 3.63) is 69.9 Å². The summed E-state index contributed by atoms with van der Waals surface area (Å²) in [6, 6.07) is 9.04. The van der Waals surface area contributed by atoms with Crippen LogP contribution in [0.25, 0.3) is 16.3 Å². The zero-order valence-corrected chi connectivity index (χ0v) is 18.1. The minimum Gasteiger partial charge on any atom is -0.420 e. The van der Waals surface area contributed by atoms with Crippen molar-refractivity contribution in [3.8, 4) is 17.2 Å². The van der Waals surface area contributed by atoms with Crippen LogP contribution in [0.1, 0.15) is 29.9 Å². The molecule has 9 nitrogen and oxygen atoms in total. The predicted molar refractivity (Wildman–Crippen MR) is 112 cm³/mol. The van der Waals surface area contributed by atoms with Gasteiger partial charge in [0.2, 0.25) is 17.5 Å². The van der Waals surface area contributed by atoms with Crippen LogP contribution < -0.4 is 4.18 Å². The van der Waals surface area contributed by atoms with Gasteiger partial charge in [0, 0.05) is 5.56 Å². The molecule has 2 aromatic carbocycles. The van der Waals surface area contributed by atoms with Crippen molar-refractivity contribution in [2.24, 2.45) is 0 Å². The molecule has 2 N–H and O–H groups in total. The maximum Gasteiger partial charge on any atom is 0.446 e. The molecule has 1 heterocycles. The van der Waals surface area contributed by atoms with Gasteiger partial charge in [-0.1, -0.05) is 23.7 Å². The molecule has 0 fully saturated rings. The van der Waals surface area contributed by atoms with Crippen LogP contribution in [0.15, 0.2) is 40.8 Å². The topological polar surface area (TPSA) is 127 Å². The van der Waals surface area contributed by atoms with Crippen LogP contribution in [0.2, 0.25) is 5.02 Å². The summed E-state index contributed by atoms with van der Waals surface area (Å²) in [4.78, 5) is 3.38. The van der Waals surface area contributed by atoms with Gasteiger partial charge in [-0.25, -0.2) is 4.85 Å². The third kappa shape index (κ3) is 5.39. The number of nitrogens with zero attached hydrogens (tertiary/aromatic N) is 3. The Kier molecular flexibility index (Phi) is 6.62. The van der Waals surface area contributed by atoms with E-state index in [4.69, 9.17) is 27.1 Å². The van der Waals surface area contributed by atoms with E-state index < -0.39 is 22.4 Å². The number of aliphatic hydroxyl groups excluding tert-OH is 1. The Labute approximate surface area is 184 Å². The van der Waals surface area contributed by atoms with E-state index >= 15 is 0 Å². The van der Waals surface area contributed by atoms with Crippen LogP contribution in [0.4, 0.5) is 5.69 Å². The maximum atomic E-state index is 10.8. The fourth-order valence-electron chi connectivity index (χ4n) is 3.00. The van der Waals surface area contributed by atoms with Crippen LogP contribution in [0.5, 0.6) is 5.75 Å². The molecule has 162 valence electrons. The molecule has 0 saturated carbocycles. The first kappa shape index (κ1) is 22.7. The Morgan fingerprint density at radius 2 is 1.90 bits per heavy atom. The van der Waals surface area contributed by atoms with Crippen LogP contribution in [-0.4, -0.2) is 34.4 Å². The second kappa shape index (κ2) is 9.03. The molecule has 0 aliphatic rings. The summed E-state index contributed by atoms with van der Waals surface area (Å²) in [7, 11) is -4.62. The fourth-order valence-corrected chi connectivity index (χ4v) is 3.58. The number of halogens is 1. The van der Waals surface area contributed by atoms with E-state index in [1.165, 1.54) is 24.3 Å². The molecule has 0 saturated heterocycles. The second-order valence-electron chi connectivity index (χ2n) is 6.83. The van der Waals surface area contributed by atoms with Crippen molar-refractivity contribution in [3.63, 3.8) is 0 Å². The molecule has 2 atom stereocenters. The number of rotatable bonds is 7. The number of aliphatic hydroxyl groups is 1. The van der Waals surface area contributed by atoms with Crippen LogP contribution >= 0.6 is 11.6 Å². The highest BCUT2D eigenvalue weighted by atomic mass is 35.5. The quantitative estimate of drug-likeness (QED) is 0.395. The zero-order valence-electron chi connectivity index (χ0n) is 16.5. The smallest absolute Gasteiger partial charge is 0.420 e. The summed E-state index contributed by atoms with van der Waals surface area (Å²) in [5, 5.41) is 18.7. The monoisotopic (exact) mass is 463 g/mol. The van der Waals surface area contributed by atoms with Crippen molar-refractivity contribution >= 4 is 27.7 Å². The SMILES string of the molecule is [C-]#[N+]c1ccc(C[C@@H](c2nnc(-c3ccc(OS(=O)(=O)O)cc3)o2)[C@H](C)O)c(C)c1Cl. The molecular weight excluding hydrogens is 446 g/mol. The Hall–Kier alpha value is -2.97. The molecule has 3 aromatic rings. The summed E-state index contributed by atoms with van der Waals surface area (Å²) in [5.41, 5.74) is 2.44. The van der Waals surface area contributed by atoms with Crippen molar-refractivity contribution in [2.45, 2.75) is 32.3 Å². The molecule has 0 aliphatic heterocycles. The van der Waals surface area contributed by atoms with E-state index in [1.807, 2.05) is 0 Å². The fraction of sp³-hybridized carbons (Fsp3) is 0.250. The average molecular weight is 464 g/mol. The summed E-state index contributed by atoms with van der Waals surface area (Å²) in [5.74, 6) is -0.217. The summed E-state index contributed by atoms with van der Waals surface area (Å²) in [6.07, 6.45) is -0.442. The third-order valence-corrected chi connectivity index (χ3v) is 5.56. The Morgan fingerprint density at radius 3 is 2.48 bits per heavy atom. The first-order chi connectivity index (χ1) is 14.6. The molecular formula is C20H18ClN3O6S. The second-order valence-corrected chi connectivity index (χ2v) is 8.23. The molecule has 0 spiro atoms. The van der Waals surface area contributed by atoms with Crippen molar-refractivity contribution < 1.29 is 26.7 Å². The number of hydrogen-bond donors (Lipinski definition) is 2. The molecule has 31 heavy (non-hydrogen) atoms. The zero-order chi connectivity index (χ0) is 22.8. The molecule has 1 aromatic heterocycles. The van der Waals surface area contributed by atoms with Gasteiger partial charge in [0.15, 0.2) is 0 Å². The van der Waals surface area contributed by atoms with Gasteiger partial charge in [-0.15, -0.1) is 10.2 Å². The van der Waals surface area contributed by atoms with E-state index in [2.05, 4.69) is 19.2 Å². The van der Waals surface area contributed by atoms with Gasteiger partial charge < -0.3 is 13.7 Å². The Morgan fingerprint density at radius 1 is 1.23 bits per heavy atom.